The zero-order valence-corrected chi connectivity index (χ0v) is 20.7. The van der Waals surface area contributed by atoms with Crippen molar-refractivity contribution in [3.8, 4) is 18.0 Å². The Morgan fingerprint density at radius 1 is 1.29 bits per heavy atom. The molecule has 1 atom stereocenters. The molecule has 2 heterocycles. The zero-order chi connectivity index (χ0) is 27.9. The molecule has 0 bridgehead atoms. The summed E-state index contributed by atoms with van der Waals surface area (Å²) in [5, 5.41) is 18.3. The van der Waals surface area contributed by atoms with Gasteiger partial charge in [-0.3, -0.25) is 4.79 Å². The number of aromatic nitrogens is 4. The van der Waals surface area contributed by atoms with Gasteiger partial charge < -0.3 is 10.1 Å². The minimum atomic E-state index is -4.96. The van der Waals surface area contributed by atoms with E-state index in [4.69, 9.17) is 9.52 Å². The van der Waals surface area contributed by atoms with Crippen molar-refractivity contribution < 1.29 is 31.3 Å². The first-order chi connectivity index (χ1) is 17.7. The number of ether oxygens (including phenoxy) is 1. The summed E-state index contributed by atoms with van der Waals surface area (Å²) in [5.74, 6) is -2.87. The number of alkyl halides is 3. The van der Waals surface area contributed by atoms with Crippen molar-refractivity contribution in [1.29, 1.82) is 10.0 Å². The molecule has 2 aromatic heterocycles. The Kier molecular flexibility index (Phi) is 6.79. The number of nitrogens with zero attached hydrogens (tertiary/aromatic N) is 5. The van der Waals surface area contributed by atoms with Crippen molar-refractivity contribution in [2.45, 2.75) is 42.7 Å². The van der Waals surface area contributed by atoms with E-state index < -0.39 is 61.9 Å². The van der Waals surface area contributed by atoms with Crippen LogP contribution in [0.4, 0.5) is 23.2 Å². The summed E-state index contributed by atoms with van der Waals surface area (Å²) in [6, 6.07) is 6.82. The van der Waals surface area contributed by atoms with Gasteiger partial charge in [-0.2, -0.15) is 27.8 Å². The number of carbonyl (C=O) groups is 1. The van der Waals surface area contributed by atoms with Gasteiger partial charge in [0.05, 0.1) is 21.2 Å². The van der Waals surface area contributed by atoms with E-state index in [1.54, 1.807) is 0 Å². The third-order valence-electron chi connectivity index (χ3n) is 6.07. The summed E-state index contributed by atoms with van der Waals surface area (Å²) >= 11 is 0. The lowest BCUT2D eigenvalue weighted by atomic mass is 9.66. The molecule has 2 N–H and O–H groups in total. The monoisotopic (exact) mass is 549 g/mol. The Labute approximate surface area is 214 Å². The second-order valence-electron chi connectivity index (χ2n) is 8.68. The maximum atomic E-state index is 14.8. The summed E-state index contributed by atoms with van der Waals surface area (Å²) < 4.78 is 80.3. The van der Waals surface area contributed by atoms with Gasteiger partial charge in [0.1, 0.15) is 5.56 Å². The number of carbonyl (C=O) groups excluding carboxylic acids is 1. The van der Waals surface area contributed by atoms with E-state index in [0.717, 1.165) is 19.5 Å². The van der Waals surface area contributed by atoms with Gasteiger partial charge >= 0.3 is 12.2 Å². The van der Waals surface area contributed by atoms with Gasteiger partial charge in [-0.15, -0.1) is 10.2 Å². The van der Waals surface area contributed by atoms with Crippen LogP contribution in [-0.4, -0.2) is 36.5 Å². The molecule has 4 rings (SSSR count). The molecule has 1 aliphatic rings. The fraction of sp³-hybridized carbons (Fsp3) is 0.304. The van der Waals surface area contributed by atoms with Gasteiger partial charge in [0.25, 0.3) is 11.8 Å². The molecule has 1 aliphatic carbocycles. The molecule has 10 nitrogen and oxygen atoms in total. The lowest BCUT2D eigenvalue weighted by Gasteiger charge is -2.34. The van der Waals surface area contributed by atoms with Crippen molar-refractivity contribution >= 4 is 21.3 Å². The minimum absolute atomic E-state index is 0.0342. The van der Waals surface area contributed by atoms with Crippen molar-refractivity contribution in [3.63, 3.8) is 0 Å². The van der Waals surface area contributed by atoms with E-state index in [9.17, 15) is 31.8 Å². The molecule has 198 valence electrons. The van der Waals surface area contributed by atoms with Crippen LogP contribution in [-0.2, 0) is 21.3 Å². The third-order valence-corrected chi connectivity index (χ3v) is 7.22. The molecule has 1 fully saturated rings. The lowest BCUT2D eigenvalue weighted by molar-refractivity contribution is -0.142. The van der Waals surface area contributed by atoms with Gasteiger partial charge in [0.15, 0.2) is 5.69 Å². The summed E-state index contributed by atoms with van der Waals surface area (Å²) in [6.07, 6.45) is -1.16. The fourth-order valence-corrected chi connectivity index (χ4v) is 4.58. The molecule has 15 heteroatoms. The summed E-state index contributed by atoms with van der Waals surface area (Å²) in [4.78, 5) is 20.6. The first kappa shape index (κ1) is 26.9. The second kappa shape index (κ2) is 9.60. The molecular weight excluding hydrogens is 530 g/mol. The Morgan fingerprint density at radius 3 is 2.55 bits per heavy atom. The predicted molar refractivity (Wildman–Crippen MR) is 124 cm³/mol. The van der Waals surface area contributed by atoms with E-state index in [-0.39, 0.29) is 16.1 Å². The summed E-state index contributed by atoms with van der Waals surface area (Å²) in [6.45, 7) is 0.982. The Morgan fingerprint density at radius 2 is 2.00 bits per heavy atom. The average Bonchev–Trinajstić information content (AvgIpc) is 2.79. The minimum Gasteiger partial charge on any atom is -0.403 e. The molecule has 0 spiro atoms. The van der Waals surface area contributed by atoms with Crippen molar-refractivity contribution in [2.24, 2.45) is 0 Å². The Bertz CT molecular complexity index is 1580. The second-order valence-corrected chi connectivity index (χ2v) is 10.8. The number of hydrogen-bond donors (Lipinski definition) is 2. The van der Waals surface area contributed by atoms with Crippen LogP contribution < -0.4 is 10.1 Å². The number of anilines is 1. The molecule has 38 heavy (non-hydrogen) atoms. The molecule has 0 aliphatic heterocycles. The van der Waals surface area contributed by atoms with Crippen LogP contribution in [0.3, 0.4) is 0 Å². The topological polar surface area (TPSA) is 155 Å². The molecule has 1 saturated carbocycles. The largest absolute Gasteiger partial charge is 0.435 e. The maximum Gasteiger partial charge on any atom is 0.435 e. The van der Waals surface area contributed by atoms with Crippen molar-refractivity contribution in [2.75, 3.05) is 11.6 Å². The average molecular weight is 550 g/mol. The molecule has 0 saturated heterocycles. The van der Waals surface area contributed by atoms with Gasteiger partial charge in [-0.25, -0.2) is 14.0 Å². The van der Waals surface area contributed by atoms with Crippen LogP contribution in [0.2, 0.25) is 0 Å². The fourth-order valence-electron chi connectivity index (χ4n) is 3.89. The van der Waals surface area contributed by atoms with Crippen LogP contribution in [0.15, 0.2) is 35.4 Å². The number of halogens is 4. The van der Waals surface area contributed by atoms with Crippen LogP contribution >= 0.6 is 0 Å². The number of nitriles is 1. The predicted octanol–water partition coefficient (Wildman–Crippen LogP) is 4.76. The molecule has 1 unspecified atom stereocenters. The number of benzene rings is 1. The number of nitrogens with one attached hydrogen (secondary N) is 2. The molecule has 1 aromatic carbocycles. The standard InChI is InChI=1S/C23H19F4N7O3S/c1-12-16(19(35)31-13-5-3-6-14(9-13)38(2,29)36)20(34-33-17(12)23(25,26)27)37-21-30-10-15(18(24)32-21)22(11-28)7-4-8-22/h3,5-6,9-10,29H,4,7-8H2,1-2H3,(H,31,35). The normalized spacial score (nSPS) is 16.0. The first-order valence-corrected chi connectivity index (χ1v) is 12.9. The van der Waals surface area contributed by atoms with Crippen molar-refractivity contribution in [1.82, 2.24) is 20.2 Å². The number of rotatable bonds is 6. The summed E-state index contributed by atoms with van der Waals surface area (Å²) in [7, 11) is -3.15. The third kappa shape index (κ3) is 5.12. The van der Waals surface area contributed by atoms with Gasteiger partial charge in [-0.1, -0.05) is 6.07 Å². The van der Waals surface area contributed by atoms with E-state index >= 15 is 0 Å². The number of hydrogen-bond acceptors (Lipinski definition) is 9. The Balaban J connectivity index is 1.73. The maximum absolute atomic E-state index is 14.8. The SMILES string of the molecule is Cc1c(C(F)(F)F)nnc(Oc2ncc(C3(C#N)CCC3)c(F)n2)c1C(=O)Nc1cccc(S(C)(=N)=O)c1. The molecular formula is C23H19F4N7O3S. The summed E-state index contributed by atoms with van der Waals surface area (Å²) in [5.41, 5.74) is -3.82. The van der Waals surface area contributed by atoms with E-state index in [0.29, 0.717) is 12.8 Å². The van der Waals surface area contributed by atoms with Crippen LogP contribution in [0, 0.1) is 29.0 Å². The van der Waals surface area contributed by atoms with E-state index in [2.05, 4.69) is 31.6 Å². The smallest absolute Gasteiger partial charge is 0.403 e. The molecule has 0 radical (unpaired) electrons. The van der Waals surface area contributed by atoms with E-state index in [1.807, 2.05) is 0 Å². The van der Waals surface area contributed by atoms with Crippen LogP contribution in [0.5, 0.6) is 11.9 Å². The molecule has 1 amide bonds. The van der Waals surface area contributed by atoms with Crippen LogP contribution in [0.25, 0.3) is 0 Å². The van der Waals surface area contributed by atoms with Gasteiger partial charge in [0, 0.05) is 28.6 Å². The first-order valence-electron chi connectivity index (χ1n) is 11.0. The lowest BCUT2D eigenvalue weighted by Crippen LogP contribution is -2.33. The zero-order valence-electron chi connectivity index (χ0n) is 19.9. The highest BCUT2D eigenvalue weighted by Gasteiger charge is 2.42. The van der Waals surface area contributed by atoms with Gasteiger partial charge in [0.2, 0.25) is 5.95 Å². The van der Waals surface area contributed by atoms with Gasteiger partial charge in [-0.05, 0) is 49.9 Å². The van der Waals surface area contributed by atoms with Crippen molar-refractivity contribution in [3.05, 3.63) is 58.8 Å². The highest BCUT2D eigenvalue weighted by atomic mass is 32.2. The highest BCUT2D eigenvalue weighted by molar-refractivity contribution is 7.91. The number of amides is 1. The Hall–Kier alpha value is -4.19. The van der Waals surface area contributed by atoms with Crippen LogP contribution in [0.1, 0.15) is 46.4 Å². The molecule has 3 aromatic rings. The highest BCUT2D eigenvalue weighted by Crippen LogP contribution is 2.44. The van der Waals surface area contributed by atoms with E-state index in [1.165, 1.54) is 30.5 Å². The quantitative estimate of drug-likeness (QED) is 0.330.